The van der Waals surface area contributed by atoms with Crippen LogP contribution in [0.3, 0.4) is 0 Å². The molecule has 6 heteroatoms. The fourth-order valence-electron chi connectivity index (χ4n) is 4.14. The van der Waals surface area contributed by atoms with Crippen LogP contribution < -0.4 is 4.73 Å². The number of esters is 1. The van der Waals surface area contributed by atoms with Gasteiger partial charge in [0.25, 0.3) is 0 Å². The molecule has 0 aliphatic carbocycles. The van der Waals surface area contributed by atoms with Crippen LogP contribution in [0.25, 0.3) is 0 Å². The van der Waals surface area contributed by atoms with E-state index in [4.69, 9.17) is 0 Å². The monoisotopic (exact) mass is 488 g/mol. The van der Waals surface area contributed by atoms with Gasteiger partial charge >= 0.3 is 5.97 Å². The maximum atomic E-state index is 11.6. The molecule has 1 aromatic rings. The van der Waals surface area contributed by atoms with E-state index in [-0.39, 0.29) is 17.9 Å². The van der Waals surface area contributed by atoms with Crippen LogP contribution in [-0.2, 0) is 9.53 Å². The molecule has 35 heavy (non-hydrogen) atoms. The molecule has 1 rings (SSSR count). The van der Waals surface area contributed by atoms with Crippen LogP contribution in [0, 0.1) is 11.1 Å². The Kier molecular flexibility index (Phi) is 15.2. The lowest BCUT2D eigenvalue weighted by atomic mass is 9.86. The lowest BCUT2D eigenvalue weighted by Crippen LogP contribution is -2.44. The minimum absolute atomic E-state index is 0.118. The fraction of sp³-hybridized carbons (Fsp3) is 0.655. The Bertz CT molecular complexity index is 753. The summed E-state index contributed by atoms with van der Waals surface area (Å²) in [6, 6.07) is 3.39. The van der Waals surface area contributed by atoms with Gasteiger partial charge in [0.1, 0.15) is 0 Å². The summed E-state index contributed by atoms with van der Waals surface area (Å²) in [5, 5.41) is 24.2. The lowest BCUT2D eigenvalue weighted by Gasteiger charge is -2.40. The molecular weight excluding hydrogens is 440 g/mol. The molecule has 2 atom stereocenters. The molecule has 1 N–H and O–H groups in total. The standard InChI is InChI=1S/C29H48N2O4/c1-6-7-15-18-25(19-16-13-11-9-8-10-12-14-17-20-27(32)35-5)28(31(34)29(2,3)4)26-21-23-30(33)24-22-26/h11,13,16,19,21-25,28,34H,6-10,12,14-15,17-18,20H2,1-5H3/b13-11+,19-16+. The zero-order valence-electron chi connectivity index (χ0n) is 22.6. The number of unbranched alkanes of at least 4 members (excludes halogenated alkanes) is 7. The number of aromatic nitrogens is 1. The average molecular weight is 489 g/mol. The van der Waals surface area contributed by atoms with Crippen LogP contribution in [0.1, 0.15) is 110 Å². The van der Waals surface area contributed by atoms with E-state index >= 15 is 0 Å². The van der Waals surface area contributed by atoms with Crippen LogP contribution in [-0.4, -0.2) is 28.9 Å². The summed E-state index contributed by atoms with van der Waals surface area (Å²) in [4.78, 5) is 11.1. The van der Waals surface area contributed by atoms with Crippen molar-refractivity contribution in [3.63, 3.8) is 0 Å². The topological polar surface area (TPSA) is 76.7 Å². The largest absolute Gasteiger partial charge is 0.619 e. The number of hydrogen-bond donors (Lipinski definition) is 1. The molecule has 2 unspecified atom stereocenters. The first kappa shape index (κ1) is 30.9. The van der Waals surface area contributed by atoms with Gasteiger partial charge in [-0.3, -0.25) is 4.79 Å². The van der Waals surface area contributed by atoms with Gasteiger partial charge in [0, 0.05) is 24.1 Å². The summed E-state index contributed by atoms with van der Waals surface area (Å²) in [6.07, 6.45) is 22.9. The number of hydrogen-bond acceptors (Lipinski definition) is 5. The van der Waals surface area contributed by atoms with Crippen molar-refractivity contribution in [2.75, 3.05) is 7.11 Å². The number of ether oxygens (including phenoxy) is 1. The van der Waals surface area contributed by atoms with Gasteiger partial charge in [-0.1, -0.05) is 69.8 Å². The number of allylic oxidation sites excluding steroid dienone is 3. The summed E-state index contributed by atoms with van der Waals surface area (Å²) < 4.78 is 5.45. The van der Waals surface area contributed by atoms with Crippen LogP contribution in [0.5, 0.6) is 0 Å². The first-order valence-electron chi connectivity index (χ1n) is 13.3. The number of carbonyl (C=O) groups excluding carboxylic acids is 1. The number of rotatable bonds is 17. The Morgan fingerprint density at radius 1 is 1.09 bits per heavy atom. The lowest BCUT2D eigenvalue weighted by molar-refractivity contribution is -0.605. The van der Waals surface area contributed by atoms with Gasteiger partial charge in [-0.05, 0) is 57.9 Å². The molecule has 0 aliphatic heterocycles. The minimum atomic E-state index is -0.433. The number of carbonyl (C=O) groups is 1. The Balaban J connectivity index is 2.74. The number of nitrogens with zero attached hydrogens (tertiary/aromatic N) is 2. The number of hydroxylamine groups is 2. The molecule has 0 saturated carbocycles. The molecule has 1 heterocycles. The quantitative estimate of drug-likeness (QED) is 0.0634. The normalized spacial score (nSPS) is 14.1. The molecular formula is C29H48N2O4. The van der Waals surface area contributed by atoms with E-state index in [0.717, 1.165) is 74.5 Å². The van der Waals surface area contributed by atoms with Crippen molar-refractivity contribution in [2.24, 2.45) is 5.92 Å². The van der Waals surface area contributed by atoms with Crippen molar-refractivity contribution in [1.82, 2.24) is 5.06 Å². The third kappa shape index (κ3) is 12.9. The highest BCUT2D eigenvalue weighted by molar-refractivity contribution is 5.68. The molecule has 0 fully saturated rings. The molecule has 0 saturated heterocycles. The van der Waals surface area contributed by atoms with Gasteiger partial charge in [-0.15, -0.1) is 0 Å². The van der Waals surface area contributed by atoms with E-state index in [1.165, 1.54) is 24.6 Å². The second kappa shape index (κ2) is 17.3. The van der Waals surface area contributed by atoms with E-state index < -0.39 is 5.54 Å². The molecule has 0 aromatic carbocycles. The summed E-state index contributed by atoms with van der Waals surface area (Å²) >= 11 is 0. The predicted octanol–water partition coefficient (Wildman–Crippen LogP) is 7.06. The average Bonchev–Trinajstić information content (AvgIpc) is 2.82. The SMILES string of the molecule is CCCCCC(/C=C/C=C/CCCCCCCC(=O)OC)C(c1cc[n+]([O-])cc1)N(O)C(C)(C)C. The maximum absolute atomic E-state index is 11.6. The van der Waals surface area contributed by atoms with Gasteiger partial charge in [0.15, 0.2) is 12.4 Å². The van der Waals surface area contributed by atoms with Gasteiger partial charge in [-0.25, -0.2) is 0 Å². The number of methoxy groups -OCH3 is 1. The van der Waals surface area contributed by atoms with Crippen LogP contribution in [0.15, 0.2) is 48.8 Å². The highest BCUT2D eigenvalue weighted by atomic mass is 16.5. The van der Waals surface area contributed by atoms with E-state index in [9.17, 15) is 15.2 Å². The van der Waals surface area contributed by atoms with Crippen LogP contribution in [0.2, 0.25) is 0 Å². The Hall–Kier alpha value is -2.18. The highest BCUT2D eigenvalue weighted by Gasteiger charge is 2.33. The van der Waals surface area contributed by atoms with Crippen LogP contribution in [0.4, 0.5) is 0 Å². The zero-order chi connectivity index (χ0) is 26.1. The zero-order valence-corrected chi connectivity index (χ0v) is 22.6. The van der Waals surface area contributed by atoms with Gasteiger partial charge in [0.2, 0.25) is 0 Å². The van der Waals surface area contributed by atoms with Crippen molar-refractivity contribution in [2.45, 2.75) is 110 Å². The first-order valence-corrected chi connectivity index (χ1v) is 13.3. The summed E-state index contributed by atoms with van der Waals surface area (Å²) in [6.45, 7) is 8.19. The van der Waals surface area contributed by atoms with Crippen molar-refractivity contribution >= 4 is 5.97 Å². The summed E-state index contributed by atoms with van der Waals surface area (Å²) in [5.74, 6) is -0.00387. The first-order chi connectivity index (χ1) is 16.7. The molecule has 198 valence electrons. The van der Waals surface area contributed by atoms with E-state index in [0.29, 0.717) is 6.42 Å². The fourth-order valence-corrected chi connectivity index (χ4v) is 4.14. The molecule has 0 bridgehead atoms. The molecule has 1 aromatic heterocycles. The van der Waals surface area contributed by atoms with E-state index in [1.54, 1.807) is 0 Å². The molecule has 0 amide bonds. The second-order valence-corrected chi connectivity index (χ2v) is 10.3. The van der Waals surface area contributed by atoms with Crippen molar-refractivity contribution < 1.29 is 19.5 Å². The van der Waals surface area contributed by atoms with Gasteiger partial charge in [-0.2, -0.15) is 9.79 Å². The summed E-state index contributed by atoms with van der Waals surface area (Å²) in [5.41, 5.74) is 0.508. The summed E-state index contributed by atoms with van der Waals surface area (Å²) in [7, 11) is 1.44. The second-order valence-electron chi connectivity index (χ2n) is 10.3. The van der Waals surface area contributed by atoms with Gasteiger partial charge < -0.3 is 15.2 Å². The number of pyridine rings is 1. The Morgan fingerprint density at radius 3 is 2.37 bits per heavy atom. The third-order valence-electron chi connectivity index (χ3n) is 6.25. The predicted molar refractivity (Wildman–Crippen MR) is 142 cm³/mol. The Labute approximate surface area is 213 Å². The van der Waals surface area contributed by atoms with Crippen molar-refractivity contribution in [3.05, 3.63) is 59.6 Å². The van der Waals surface area contributed by atoms with Crippen molar-refractivity contribution in [1.29, 1.82) is 0 Å². The van der Waals surface area contributed by atoms with Crippen LogP contribution >= 0.6 is 0 Å². The molecule has 0 aliphatic rings. The van der Waals surface area contributed by atoms with E-state index in [2.05, 4.69) is 36.0 Å². The highest BCUT2D eigenvalue weighted by Crippen LogP contribution is 2.36. The molecule has 0 spiro atoms. The molecule has 6 nitrogen and oxygen atoms in total. The third-order valence-corrected chi connectivity index (χ3v) is 6.25. The van der Waals surface area contributed by atoms with Crippen molar-refractivity contribution in [3.8, 4) is 0 Å². The van der Waals surface area contributed by atoms with Gasteiger partial charge in [0.05, 0.1) is 13.2 Å². The van der Waals surface area contributed by atoms with E-state index in [1.807, 2.05) is 32.9 Å². The Morgan fingerprint density at radius 2 is 1.74 bits per heavy atom. The molecule has 0 radical (unpaired) electrons. The maximum Gasteiger partial charge on any atom is 0.305 e. The smallest absolute Gasteiger partial charge is 0.305 e. The minimum Gasteiger partial charge on any atom is -0.619 e.